The molecule has 31 heavy (non-hydrogen) atoms. The Kier molecular flexibility index (Phi) is 4.64. The minimum atomic E-state index is -2.73. The van der Waals surface area contributed by atoms with Crippen LogP contribution in [0.5, 0.6) is 0 Å². The molecule has 2 aliphatic rings. The minimum Gasteiger partial charge on any atom is -0.365 e. The van der Waals surface area contributed by atoms with Crippen molar-refractivity contribution in [2.24, 2.45) is 5.92 Å². The number of alkyl halides is 2. The molecule has 1 aliphatic carbocycles. The highest BCUT2D eigenvalue weighted by atomic mass is 19.3. The van der Waals surface area contributed by atoms with Gasteiger partial charge in [-0.1, -0.05) is 0 Å². The van der Waals surface area contributed by atoms with E-state index >= 15 is 0 Å². The quantitative estimate of drug-likeness (QED) is 0.622. The molecule has 0 bridgehead atoms. The van der Waals surface area contributed by atoms with Crippen LogP contribution in [0.15, 0.2) is 35.3 Å². The molecule has 1 aliphatic heterocycles. The molecule has 0 spiro atoms. The zero-order valence-electron chi connectivity index (χ0n) is 16.6. The van der Waals surface area contributed by atoms with Gasteiger partial charge < -0.3 is 15.2 Å². The molecular formula is C22H21F3N4O2. The van der Waals surface area contributed by atoms with Crippen molar-refractivity contribution in [3.05, 3.63) is 46.6 Å². The number of hydrogen-bond donors (Lipinski definition) is 2. The normalized spacial score (nSPS) is 21.3. The van der Waals surface area contributed by atoms with E-state index in [1.54, 1.807) is 17.0 Å². The molecule has 1 amide bonds. The maximum absolute atomic E-state index is 13.9. The first-order chi connectivity index (χ1) is 14.8. The number of piperidine rings is 1. The van der Waals surface area contributed by atoms with Gasteiger partial charge in [-0.2, -0.15) is 0 Å². The van der Waals surface area contributed by atoms with Crippen molar-refractivity contribution < 1.29 is 18.0 Å². The summed E-state index contributed by atoms with van der Waals surface area (Å²) in [6.45, 7) is 0.935. The van der Waals surface area contributed by atoms with E-state index in [-0.39, 0.29) is 30.3 Å². The number of hydrogen-bond acceptors (Lipinski definition) is 4. The molecule has 162 valence electrons. The highest BCUT2D eigenvalue weighted by molar-refractivity contribution is 6.09. The second-order valence-corrected chi connectivity index (χ2v) is 8.45. The number of halogens is 3. The first kappa shape index (κ1) is 19.8. The van der Waals surface area contributed by atoms with Crippen molar-refractivity contribution in [1.82, 2.24) is 14.9 Å². The summed E-state index contributed by atoms with van der Waals surface area (Å²) in [6, 6.07) is 5.73. The zero-order chi connectivity index (χ0) is 21.8. The molecule has 5 rings (SSSR count). The molecule has 1 saturated carbocycles. The molecule has 6 nitrogen and oxygen atoms in total. The van der Waals surface area contributed by atoms with Crippen molar-refractivity contribution in [3.63, 3.8) is 0 Å². The Balaban J connectivity index is 1.43. The molecule has 1 aromatic carbocycles. The van der Waals surface area contributed by atoms with E-state index in [4.69, 9.17) is 0 Å². The summed E-state index contributed by atoms with van der Waals surface area (Å²) in [6.07, 6.45) is 2.26. The summed E-state index contributed by atoms with van der Waals surface area (Å²) in [5.74, 6) is -3.51. The van der Waals surface area contributed by atoms with Gasteiger partial charge in [0.15, 0.2) is 0 Å². The maximum Gasteiger partial charge on any atom is 0.258 e. The lowest BCUT2D eigenvalue weighted by molar-refractivity contribution is -0.160. The van der Waals surface area contributed by atoms with E-state index in [1.807, 2.05) is 0 Å². The summed E-state index contributed by atoms with van der Waals surface area (Å²) >= 11 is 0. The second kappa shape index (κ2) is 7.25. The third-order valence-corrected chi connectivity index (χ3v) is 6.19. The van der Waals surface area contributed by atoms with Gasteiger partial charge in [0.2, 0.25) is 11.8 Å². The fraction of sp³-hybridized carbons (Fsp3) is 0.409. The Morgan fingerprint density at radius 1 is 1.23 bits per heavy atom. The van der Waals surface area contributed by atoms with E-state index in [0.29, 0.717) is 40.6 Å². The first-order valence-electron chi connectivity index (χ1n) is 10.3. The number of carbonyl (C=O) groups excluding carboxylic acids is 1. The van der Waals surface area contributed by atoms with E-state index in [2.05, 4.69) is 15.3 Å². The lowest BCUT2D eigenvalue weighted by Crippen LogP contribution is -2.51. The fourth-order valence-electron chi connectivity index (χ4n) is 4.62. The third-order valence-electron chi connectivity index (χ3n) is 6.19. The molecule has 2 fully saturated rings. The molecule has 1 atom stereocenters. The summed E-state index contributed by atoms with van der Waals surface area (Å²) in [5, 5.41) is 4.71. The number of likely N-dealkylation sites (tertiary alicyclic amines) is 1. The zero-order valence-corrected chi connectivity index (χ0v) is 16.6. The average Bonchev–Trinajstić information content (AvgIpc) is 2.71. The molecule has 3 aromatic rings. The number of aromatic amines is 1. The monoisotopic (exact) mass is 430 g/mol. The first-order valence-corrected chi connectivity index (χ1v) is 10.3. The summed E-state index contributed by atoms with van der Waals surface area (Å²) in [7, 11) is 0. The minimum absolute atomic E-state index is 0.126. The number of anilines is 1. The van der Waals surface area contributed by atoms with Gasteiger partial charge >= 0.3 is 0 Å². The third kappa shape index (κ3) is 3.62. The van der Waals surface area contributed by atoms with Crippen LogP contribution in [-0.4, -0.2) is 45.8 Å². The molecule has 3 heterocycles. The SMILES string of the molecule is O=C(C1CC(F)(F)C1)N1CCC[C@@H](Nc2nc3cc[nH]c(=O)c3c3cc(F)ccc23)C1. The lowest BCUT2D eigenvalue weighted by atomic mass is 9.80. The van der Waals surface area contributed by atoms with Gasteiger partial charge in [-0.05, 0) is 37.1 Å². The topological polar surface area (TPSA) is 78.1 Å². The van der Waals surface area contributed by atoms with Gasteiger partial charge in [-0.3, -0.25) is 9.59 Å². The van der Waals surface area contributed by atoms with Crippen LogP contribution in [0.25, 0.3) is 21.7 Å². The van der Waals surface area contributed by atoms with E-state index in [9.17, 15) is 22.8 Å². The number of H-pyrrole nitrogens is 1. The smallest absolute Gasteiger partial charge is 0.258 e. The number of rotatable bonds is 3. The maximum atomic E-state index is 13.9. The Morgan fingerprint density at radius 3 is 2.81 bits per heavy atom. The van der Waals surface area contributed by atoms with Crippen LogP contribution >= 0.6 is 0 Å². The molecular weight excluding hydrogens is 409 g/mol. The van der Waals surface area contributed by atoms with Crippen LogP contribution in [0, 0.1) is 11.7 Å². The molecule has 0 unspecified atom stereocenters. The van der Waals surface area contributed by atoms with Gasteiger partial charge in [0.25, 0.3) is 5.56 Å². The predicted molar refractivity (Wildman–Crippen MR) is 111 cm³/mol. The average molecular weight is 430 g/mol. The van der Waals surface area contributed by atoms with Crippen LogP contribution in [0.2, 0.25) is 0 Å². The standard InChI is InChI=1S/C22H21F3N4O2/c23-13-3-4-15-16(8-13)18-17(5-6-26-20(18)30)28-19(15)27-14-2-1-7-29(11-14)21(31)12-9-22(24,25)10-12/h3-6,8,12,14H,1-2,7,9-11H2,(H,26,30)(H,27,28)/t14-/m1/s1. The number of pyridine rings is 2. The van der Waals surface area contributed by atoms with Crippen molar-refractivity contribution >= 4 is 33.4 Å². The van der Waals surface area contributed by atoms with Crippen LogP contribution in [0.1, 0.15) is 25.7 Å². The number of fused-ring (bicyclic) bond motifs is 3. The van der Waals surface area contributed by atoms with Gasteiger partial charge in [-0.25, -0.2) is 18.2 Å². The number of carbonyl (C=O) groups is 1. The Bertz CT molecular complexity index is 1230. The number of nitrogens with zero attached hydrogens (tertiary/aromatic N) is 2. The van der Waals surface area contributed by atoms with Crippen molar-refractivity contribution in [3.8, 4) is 0 Å². The van der Waals surface area contributed by atoms with Crippen LogP contribution in [-0.2, 0) is 4.79 Å². The predicted octanol–water partition coefficient (Wildman–Crippen LogP) is 3.66. The Labute approximate surface area is 175 Å². The Morgan fingerprint density at radius 2 is 2.03 bits per heavy atom. The van der Waals surface area contributed by atoms with Crippen LogP contribution in [0.4, 0.5) is 19.0 Å². The van der Waals surface area contributed by atoms with Gasteiger partial charge in [0.1, 0.15) is 11.6 Å². The van der Waals surface area contributed by atoms with Crippen molar-refractivity contribution in [1.29, 1.82) is 0 Å². The molecule has 0 radical (unpaired) electrons. The molecule has 2 aromatic heterocycles. The molecule has 9 heteroatoms. The second-order valence-electron chi connectivity index (χ2n) is 8.45. The van der Waals surface area contributed by atoms with Crippen LogP contribution < -0.4 is 10.9 Å². The van der Waals surface area contributed by atoms with Gasteiger partial charge in [0, 0.05) is 54.9 Å². The molecule has 2 N–H and O–H groups in total. The van der Waals surface area contributed by atoms with E-state index < -0.39 is 17.7 Å². The Hall–Kier alpha value is -3.10. The number of nitrogens with one attached hydrogen (secondary N) is 2. The summed E-state index contributed by atoms with van der Waals surface area (Å²) in [4.78, 5) is 33.8. The van der Waals surface area contributed by atoms with Gasteiger partial charge in [0.05, 0.1) is 10.9 Å². The summed E-state index contributed by atoms with van der Waals surface area (Å²) in [5.41, 5.74) is 0.0867. The highest BCUT2D eigenvalue weighted by Gasteiger charge is 2.50. The van der Waals surface area contributed by atoms with E-state index in [0.717, 1.165) is 12.8 Å². The van der Waals surface area contributed by atoms with E-state index in [1.165, 1.54) is 18.3 Å². The molecule has 1 saturated heterocycles. The summed E-state index contributed by atoms with van der Waals surface area (Å²) < 4.78 is 40.3. The largest absolute Gasteiger partial charge is 0.365 e. The highest BCUT2D eigenvalue weighted by Crippen LogP contribution is 2.43. The van der Waals surface area contributed by atoms with Crippen LogP contribution in [0.3, 0.4) is 0 Å². The van der Waals surface area contributed by atoms with Crippen molar-refractivity contribution in [2.45, 2.75) is 37.6 Å². The lowest BCUT2D eigenvalue weighted by Gasteiger charge is -2.40. The van der Waals surface area contributed by atoms with Crippen molar-refractivity contribution in [2.75, 3.05) is 18.4 Å². The number of amides is 1. The fourth-order valence-corrected chi connectivity index (χ4v) is 4.62. The van der Waals surface area contributed by atoms with Gasteiger partial charge in [-0.15, -0.1) is 0 Å². The number of benzene rings is 1. The number of aromatic nitrogens is 2.